The van der Waals surface area contributed by atoms with Crippen LogP contribution in [-0.2, 0) is 16.9 Å². The highest BCUT2D eigenvalue weighted by atomic mass is 31.1. The van der Waals surface area contributed by atoms with Crippen molar-refractivity contribution in [3.8, 4) is 11.5 Å². The summed E-state index contributed by atoms with van der Waals surface area (Å²) in [7, 11) is -0.922. The summed E-state index contributed by atoms with van der Waals surface area (Å²) in [4.78, 5) is 27.2. The van der Waals surface area contributed by atoms with Crippen LogP contribution in [0.2, 0.25) is 0 Å². The first-order valence-corrected chi connectivity index (χ1v) is 12.1. The van der Waals surface area contributed by atoms with Gasteiger partial charge in [-0.25, -0.2) is 0 Å². The van der Waals surface area contributed by atoms with E-state index >= 15 is 0 Å². The van der Waals surface area contributed by atoms with E-state index in [0.29, 0.717) is 24.6 Å². The van der Waals surface area contributed by atoms with Crippen molar-refractivity contribution in [2.24, 2.45) is 0 Å². The molecule has 0 spiro atoms. The maximum atomic E-state index is 13.8. The maximum absolute atomic E-state index is 13.8. The Hall–Kier alpha value is -2.94. The molecule has 1 fully saturated rings. The fourth-order valence-electron chi connectivity index (χ4n) is 4.52. The van der Waals surface area contributed by atoms with Crippen LogP contribution in [0.1, 0.15) is 63.9 Å². The maximum Gasteiger partial charge on any atom is 0.417 e. The minimum atomic E-state index is -5.30. The number of halogens is 6. The molecule has 1 aliphatic carbocycles. The number of Topliss-reactive ketones (excluding diaryl/α,β-unsaturated/α-hetero) is 1. The van der Waals surface area contributed by atoms with Gasteiger partial charge in [0.2, 0.25) is 5.52 Å². The third kappa shape index (κ3) is 4.98. The van der Waals surface area contributed by atoms with Crippen molar-refractivity contribution < 1.29 is 50.0 Å². The normalized spacial score (nSPS) is 16.3. The van der Waals surface area contributed by atoms with Gasteiger partial charge in [-0.1, -0.05) is 31.4 Å². The molecule has 0 bridgehead atoms. The first-order valence-electron chi connectivity index (χ1n) is 10.8. The van der Waals surface area contributed by atoms with Gasteiger partial charge in [-0.15, -0.1) is 0 Å². The van der Waals surface area contributed by atoms with Gasteiger partial charge < -0.3 is 9.47 Å². The van der Waals surface area contributed by atoms with Gasteiger partial charge in [0.1, 0.15) is 22.2 Å². The van der Waals surface area contributed by atoms with E-state index in [1.807, 2.05) is 0 Å². The molecular formula is C24H22F6O5P. The van der Waals surface area contributed by atoms with Crippen LogP contribution in [-0.4, -0.2) is 30.7 Å². The molecular weight excluding hydrogens is 513 g/mol. The number of carbonyl (C=O) groups excluding carboxylic acids is 2. The third-order valence-corrected chi connectivity index (χ3v) is 8.24. The fraction of sp³-hybridized carbons (Fsp3) is 0.417. The van der Waals surface area contributed by atoms with Gasteiger partial charge in [0.15, 0.2) is 13.6 Å². The van der Waals surface area contributed by atoms with Gasteiger partial charge in [-0.3, -0.25) is 14.2 Å². The standard InChI is InChI=1S/C24H22F6O5P/c1-34-16-10-7-11-17(35-2)19(16)21(32)36(33)22(12-4-3-5-13-22)20(31)18-14(23(25,26)27)8-6-9-15(18)24(28,29)30/h6-11H,3-5,12-13H2,1-2H3. The van der Waals surface area contributed by atoms with Crippen molar-refractivity contribution in [3.63, 3.8) is 0 Å². The number of alkyl halides is 6. The van der Waals surface area contributed by atoms with Crippen molar-refractivity contribution in [3.05, 3.63) is 58.7 Å². The highest BCUT2D eigenvalue weighted by molar-refractivity contribution is 7.67. The second-order valence-electron chi connectivity index (χ2n) is 8.28. The molecule has 0 heterocycles. The van der Waals surface area contributed by atoms with E-state index < -0.39 is 53.3 Å². The van der Waals surface area contributed by atoms with E-state index in [1.165, 1.54) is 32.4 Å². The SMILES string of the molecule is COc1cccc(OC)c1C(=O)[P](=O)C1(C(=O)c2c(C(F)(F)F)cccc2C(F)(F)F)CCCCC1. The number of hydrogen-bond donors (Lipinski definition) is 0. The van der Waals surface area contributed by atoms with Gasteiger partial charge >= 0.3 is 12.4 Å². The molecule has 2 aromatic carbocycles. The molecule has 1 unspecified atom stereocenters. The Bertz CT molecular complexity index is 1130. The summed E-state index contributed by atoms with van der Waals surface area (Å²) in [6, 6.07) is 5.48. The van der Waals surface area contributed by atoms with Crippen molar-refractivity contribution >= 4 is 19.1 Å². The number of rotatable bonds is 7. The van der Waals surface area contributed by atoms with Crippen LogP contribution in [0.25, 0.3) is 0 Å². The van der Waals surface area contributed by atoms with E-state index in [4.69, 9.17) is 9.47 Å². The highest BCUT2D eigenvalue weighted by Gasteiger charge is 2.53. The average Bonchev–Trinajstić information content (AvgIpc) is 2.85. The molecule has 1 saturated carbocycles. The topological polar surface area (TPSA) is 69.7 Å². The Labute approximate surface area is 203 Å². The number of carbonyl (C=O) groups is 2. The molecule has 12 heteroatoms. The number of ketones is 1. The van der Waals surface area contributed by atoms with Crippen LogP contribution >= 0.6 is 7.80 Å². The summed E-state index contributed by atoms with van der Waals surface area (Å²) in [5.41, 5.74) is -6.66. The second kappa shape index (κ2) is 10.2. The molecule has 1 radical (unpaired) electrons. The molecule has 1 aliphatic rings. The second-order valence-corrected chi connectivity index (χ2v) is 10.1. The van der Waals surface area contributed by atoms with E-state index in [9.17, 15) is 40.5 Å². The third-order valence-electron chi connectivity index (χ3n) is 6.22. The molecule has 0 aliphatic heterocycles. The average molecular weight is 535 g/mol. The molecule has 195 valence electrons. The lowest BCUT2D eigenvalue weighted by Crippen LogP contribution is -2.41. The lowest BCUT2D eigenvalue weighted by atomic mass is 9.80. The van der Waals surface area contributed by atoms with Crippen molar-refractivity contribution in [2.75, 3.05) is 14.2 Å². The molecule has 0 aromatic heterocycles. The predicted molar refractivity (Wildman–Crippen MR) is 118 cm³/mol. The monoisotopic (exact) mass is 535 g/mol. The van der Waals surface area contributed by atoms with Crippen molar-refractivity contribution in [1.82, 2.24) is 0 Å². The molecule has 2 aromatic rings. The van der Waals surface area contributed by atoms with Crippen LogP contribution in [0.4, 0.5) is 26.3 Å². The Balaban J connectivity index is 2.26. The Morgan fingerprint density at radius 2 is 1.22 bits per heavy atom. The highest BCUT2D eigenvalue weighted by Crippen LogP contribution is 2.55. The number of benzene rings is 2. The summed E-state index contributed by atoms with van der Waals surface area (Å²) < 4.78 is 107. The van der Waals surface area contributed by atoms with Crippen molar-refractivity contribution in [1.29, 1.82) is 0 Å². The summed E-state index contributed by atoms with van der Waals surface area (Å²) in [6.45, 7) is 0. The van der Waals surface area contributed by atoms with E-state index in [0.717, 1.165) is 0 Å². The van der Waals surface area contributed by atoms with Crippen LogP contribution in [0.15, 0.2) is 36.4 Å². The smallest absolute Gasteiger partial charge is 0.417 e. The van der Waals surface area contributed by atoms with Gasteiger partial charge in [0.25, 0.3) is 0 Å². The molecule has 36 heavy (non-hydrogen) atoms. The lowest BCUT2D eigenvalue weighted by Gasteiger charge is -2.35. The largest absolute Gasteiger partial charge is 0.496 e. The molecule has 0 N–H and O–H groups in total. The zero-order valence-corrected chi connectivity index (χ0v) is 20.2. The molecule has 1 atom stereocenters. The van der Waals surface area contributed by atoms with Crippen LogP contribution in [0.3, 0.4) is 0 Å². The summed E-state index contributed by atoms with van der Waals surface area (Å²) in [5.74, 6) is -1.73. The van der Waals surface area contributed by atoms with Crippen molar-refractivity contribution in [2.45, 2.75) is 49.6 Å². The first-order chi connectivity index (χ1) is 16.8. The zero-order valence-electron chi connectivity index (χ0n) is 19.3. The van der Waals surface area contributed by atoms with Gasteiger partial charge in [0.05, 0.1) is 25.3 Å². The van der Waals surface area contributed by atoms with Gasteiger partial charge in [-0.2, -0.15) is 26.3 Å². The van der Waals surface area contributed by atoms with Gasteiger partial charge in [-0.05, 0) is 37.1 Å². The zero-order chi connectivity index (χ0) is 26.9. The van der Waals surface area contributed by atoms with Crippen LogP contribution in [0.5, 0.6) is 11.5 Å². The quantitative estimate of drug-likeness (QED) is 0.212. The molecule has 3 rings (SSSR count). The molecule has 0 amide bonds. The number of ether oxygens (including phenoxy) is 2. The van der Waals surface area contributed by atoms with Crippen LogP contribution in [0, 0.1) is 0 Å². The fourth-order valence-corrected chi connectivity index (χ4v) is 6.35. The Morgan fingerprint density at radius 3 is 1.64 bits per heavy atom. The van der Waals surface area contributed by atoms with E-state index in [2.05, 4.69) is 0 Å². The predicted octanol–water partition coefficient (Wildman–Crippen LogP) is 7.29. The summed E-state index contributed by atoms with van der Waals surface area (Å²) >= 11 is 0. The summed E-state index contributed by atoms with van der Waals surface area (Å²) in [5, 5.41) is -2.27. The minimum absolute atomic E-state index is 0.0622. The van der Waals surface area contributed by atoms with Gasteiger partial charge in [0, 0.05) is 5.56 Å². The lowest BCUT2D eigenvalue weighted by molar-refractivity contribution is -0.143. The van der Waals surface area contributed by atoms with E-state index in [-0.39, 0.29) is 42.7 Å². The molecule has 0 saturated heterocycles. The summed E-state index contributed by atoms with van der Waals surface area (Å²) in [6.07, 6.45) is -10.3. The first kappa shape index (κ1) is 27.6. The van der Waals surface area contributed by atoms with E-state index in [1.54, 1.807) is 0 Å². The number of methoxy groups -OCH3 is 2. The number of hydrogen-bond acceptors (Lipinski definition) is 5. The molecule has 5 nitrogen and oxygen atoms in total. The Kier molecular flexibility index (Phi) is 7.83. The Morgan fingerprint density at radius 1 is 0.778 bits per heavy atom. The van der Waals surface area contributed by atoms with Crippen LogP contribution < -0.4 is 9.47 Å². The minimum Gasteiger partial charge on any atom is -0.496 e.